The molecule has 0 spiro atoms. The highest BCUT2D eigenvalue weighted by Gasteiger charge is 1.93. The van der Waals surface area contributed by atoms with Crippen LogP contribution in [0, 0.1) is 0 Å². The highest BCUT2D eigenvalue weighted by Crippen LogP contribution is 2.08. The van der Waals surface area contributed by atoms with Crippen molar-refractivity contribution in [2.75, 3.05) is 13.2 Å². The third kappa shape index (κ3) is 8.68. The van der Waals surface area contributed by atoms with Gasteiger partial charge in [0.25, 0.3) is 0 Å². The normalized spacial score (nSPS) is 22.9. The molecule has 0 aliphatic carbocycles. The Morgan fingerprint density at radius 2 is 1.00 bits per heavy atom. The van der Waals surface area contributed by atoms with E-state index in [-0.39, 0.29) is 0 Å². The Bertz CT molecular complexity index is 135. The van der Waals surface area contributed by atoms with Gasteiger partial charge in [0.05, 0.1) is 0 Å². The molecule has 1 rings (SSSR count). The van der Waals surface area contributed by atoms with E-state index in [2.05, 4.69) is 12.2 Å². The molecule has 0 saturated carbocycles. The second kappa shape index (κ2) is 10.2. The summed E-state index contributed by atoms with van der Waals surface area (Å²) in [6.07, 6.45) is 17.9. The standard InChI is InChI=1S/C14H26O/c1-2-4-6-8-10-12-14-15-13-11-9-7-5-3-1/h1-2H,3-14H2. The molecule has 15 heavy (non-hydrogen) atoms. The van der Waals surface area contributed by atoms with Crippen molar-refractivity contribution in [3.63, 3.8) is 0 Å². The van der Waals surface area contributed by atoms with Gasteiger partial charge in [-0.15, -0.1) is 0 Å². The lowest BCUT2D eigenvalue weighted by Gasteiger charge is -2.03. The highest BCUT2D eigenvalue weighted by atomic mass is 16.5. The third-order valence-electron chi connectivity index (χ3n) is 2.99. The Balaban J connectivity index is 2.08. The molecule has 0 radical (unpaired) electrons. The maximum Gasteiger partial charge on any atom is 0.0466 e. The SMILES string of the molecule is C1=CCCCCCCOCCCCCC1. The Hall–Kier alpha value is -0.300. The third-order valence-corrected chi connectivity index (χ3v) is 2.99. The van der Waals surface area contributed by atoms with Crippen molar-refractivity contribution in [1.82, 2.24) is 0 Å². The Morgan fingerprint density at radius 1 is 0.533 bits per heavy atom. The van der Waals surface area contributed by atoms with E-state index < -0.39 is 0 Å². The van der Waals surface area contributed by atoms with Crippen molar-refractivity contribution in [2.45, 2.75) is 64.2 Å². The van der Waals surface area contributed by atoms with Crippen molar-refractivity contribution in [1.29, 1.82) is 0 Å². The molecule has 0 amide bonds. The van der Waals surface area contributed by atoms with Gasteiger partial charge in [-0.2, -0.15) is 0 Å². The van der Waals surface area contributed by atoms with Gasteiger partial charge in [-0.25, -0.2) is 0 Å². The molecule has 1 aliphatic heterocycles. The zero-order valence-electron chi connectivity index (χ0n) is 10.0. The van der Waals surface area contributed by atoms with Crippen LogP contribution in [0.25, 0.3) is 0 Å². The molecule has 1 heterocycles. The van der Waals surface area contributed by atoms with Gasteiger partial charge < -0.3 is 4.74 Å². The molecule has 0 aromatic carbocycles. The number of hydrogen-bond donors (Lipinski definition) is 0. The van der Waals surface area contributed by atoms with Gasteiger partial charge in [0.2, 0.25) is 0 Å². The van der Waals surface area contributed by atoms with E-state index in [0.29, 0.717) is 0 Å². The smallest absolute Gasteiger partial charge is 0.0466 e. The Morgan fingerprint density at radius 3 is 1.53 bits per heavy atom. The lowest BCUT2D eigenvalue weighted by Crippen LogP contribution is -1.97. The van der Waals surface area contributed by atoms with Crippen LogP contribution in [-0.4, -0.2) is 13.2 Å². The van der Waals surface area contributed by atoms with Gasteiger partial charge >= 0.3 is 0 Å². The van der Waals surface area contributed by atoms with Crippen LogP contribution in [0.2, 0.25) is 0 Å². The molecule has 0 saturated heterocycles. The summed E-state index contributed by atoms with van der Waals surface area (Å²) >= 11 is 0. The molecule has 0 fully saturated rings. The zero-order chi connectivity index (χ0) is 10.6. The van der Waals surface area contributed by atoms with Crippen molar-refractivity contribution in [3.05, 3.63) is 12.2 Å². The van der Waals surface area contributed by atoms with E-state index in [1.165, 1.54) is 64.2 Å². The van der Waals surface area contributed by atoms with Gasteiger partial charge in [0, 0.05) is 13.2 Å². The van der Waals surface area contributed by atoms with Crippen LogP contribution >= 0.6 is 0 Å². The molecule has 1 nitrogen and oxygen atoms in total. The van der Waals surface area contributed by atoms with E-state index in [1.54, 1.807) is 0 Å². The topological polar surface area (TPSA) is 9.23 Å². The molecule has 1 aliphatic rings. The van der Waals surface area contributed by atoms with Gasteiger partial charge in [-0.3, -0.25) is 0 Å². The summed E-state index contributed by atoms with van der Waals surface area (Å²) in [6.45, 7) is 1.96. The van der Waals surface area contributed by atoms with Crippen LogP contribution in [0.1, 0.15) is 64.2 Å². The average molecular weight is 210 g/mol. The summed E-state index contributed by atoms with van der Waals surface area (Å²) in [5.74, 6) is 0. The summed E-state index contributed by atoms with van der Waals surface area (Å²) in [7, 11) is 0. The van der Waals surface area contributed by atoms with E-state index in [9.17, 15) is 0 Å². The molecule has 0 unspecified atom stereocenters. The van der Waals surface area contributed by atoms with E-state index in [0.717, 1.165) is 13.2 Å². The zero-order valence-corrected chi connectivity index (χ0v) is 10.0. The lowest BCUT2D eigenvalue weighted by atomic mass is 10.1. The first-order valence-corrected chi connectivity index (χ1v) is 6.73. The fourth-order valence-electron chi connectivity index (χ4n) is 1.98. The van der Waals surface area contributed by atoms with Gasteiger partial charge in [0.1, 0.15) is 0 Å². The molecule has 0 N–H and O–H groups in total. The van der Waals surface area contributed by atoms with E-state index in [1.807, 2.05) is 0 Å². The fourth-order valence-corrected chi connectivity index (χ4v) is 1.98. The van der Waals surface area contributed by atoms with E-state index >= 15 is 0 Å². The minimum atomic E-state index is 0.982. The molecule has 88 valence electrons. The Kier molecular flexibility index (Phi) is 8.70. The summed E-state index contributed by atoms with van der Waals surface area (Å²) in [4.78, 5) is 0. The van der Waals surface area contributed by atoms with Crippen LogP contribution < -0.4 is 0 Å². The minimum Gasteiger partial charge on any atom is -0.381 e. The van der Waals surface area contributed by atoms with Crippen molar-refractivity contribution in [2.24, 2.45) is 0 Å². The van der Waals surface area contributed by atoms with E-state index in [4.69, 9.17) is 4.74 Å². The van der Waals surface area contributed by atoms with Crippen molar-refractivity contribution < 1.29 is 4.74 Å². The molecule has 0 atom stereocenters. The van der Waals surface area contributed by atoms with Crippen LogP contribution in [0.3, 0.4) is 0 Å². The average Bonchev–Trinajstić information content (AvgIpc) is 2.27. The molecular formula is C14H26O. The molecular weight excluding hydrogens is 184 g/mol. The van der Waals surface area contributed by atoms with Crippen LogP contribution in [0.4, 0.5) is 0 Å². The van der Waals surface area contributed by atoms with Gasteiger partial charge in [-0.05, 0) is 38.5 Å². The maximum absolute atomic E-state index is 5.59. The summed E-state index contributed by atoms with van der Waals surface area (Å²) < 4.78 is 5.59. The van der Waals surface area contributed by atoms with Crippen LogP contribution in [0.15, 0.2) is 12.2 Å². The molecule has 1 heteroatoms. The van der Waals surface area contributed by atoms with Crippen molar-refractivity contribution in [3.8, 4) is 0 Å². The quantitative estimate of drug-likeness (QED) is 0.536. The Labute approximate surface area is 94.9 Å². The second-order valence-electron chi connectivity index (χ2n) is 4.49. The maximum atomic E-state index is 5.59. The predicted octanol–water partition coefficient (Wildman–Crippen LogP) is 4.47. The van der Waals surface area contributed by atoms with Crippen LogP contribution in [0.5, 0.6) is 0 Å². The highest BCUT2D eigenvalue weighted by molar-refractivity contribution is 4.81. The summed E-state index contributed by atoms with van der Waals surface area (Å²) in [5.41, 5.74) is 0. The largest absolute Gasteiger partial charge is 0.381 e. The van der Waals surface area contributed by atoms with Gasteiger partial charge in [-0.1, -0.05) is 37.8 Å². The molecule has 0 bridgehead atoms. The molecule has 0 aromatic heterocycles. The minimum absolute atomic E-state index is 0.982. The number of allylic oxidation sites excluding steroid dienone is 2. The first-order valence-electron chi connectivity index (χ1n) is 6.73. The van der Waals surface area contributed by atoms with Crippen molar-refractivity contribution >= 4 is 0 Å². The first kappa shape index (κ1) is 12.8. The fraction of sp³-hybridized carbons (Fsp3) is 0.857. The number of rotatable bonds is 0. The van der Waals surface area contributed by atoms with Gasteiger partial charge in [0.15, 0.2) is 0 Å². The lowest BCUT2D eigenvalue weighted by molar-refractivity contribution is 0.126. The first-order chi connectivity index (χ1) is 7.50. The number of hydrogen-bond acceptors (Lipinski definition) is 1. The monoisotopic (exact) mass is 210 g/mol. The summed E-state index contributed by atoms with van der Waals surface area (Å²) in [5, 5.41) is 0. The number of ether oxygens (including phenoxy) is 1. The molecule has 0 aromatic rings. The van der Waals surface area contributed by atoms with Crippen LogP contribution in [-0.2, 0) is 4.74 Å². The summed E-state index contributed by atoms with van der Waals surface area (Å²) in [6, 6.07) is 0. The second-order valence-corrected chi connectivity index (χ2v) is 4.49. The predicted molar refractivity (Wildman–Crippen MR) is 66.1 cm³/mol.